The van der Waals surface area contributed by atoms with E-state index in [0.29, 0.717) is 6.54 Å². The molecule has 2 aromatic rings. The van der Waals surface area contributed by atoms with Crippen LogP contribution in [0, 0.1) is 0 Å². The van der Waals surface area contributed by atoms with Gasteiger partial charge in [-0.2, -0.15) is 0 Å². The Hall–Kier alpha value is -1.35. The van der Waals surface area contributed by atoms with Crippen LogP contribution in [0.5, 0.6) is 0 Å². The molecule has 0 aliphatic carbocycles. The second-order valence-corrected chi connectivity index (χ2v) is 4.55. The minimum absolute atomic E-state index is 0.583. The Morgan fingerprint density at radius 1 is 1.18 bits per heavy atom. The lowest BCUT2D eigenvalue weighted by molar-refractivity contribution is 0.662. The second kappa shape index (κ2) is 5.82. The van der Waals surface area contributed by atoms with Crippen LogP contribution in [0.2, 0.25) is 0 Å². The van der Waals surface area contributed by atoms with Gasteiger partial charge in [-0.1, -0.05) is 32.3 Å². The molecule has 17 heavy (non-hydrogen) atoms. The highest BCUT2D eigenvalue weighted by atomic mass is 15.0. The van der Waals surface area contributed by atoms with Crippen molar-refractivity contribution >= 4 is 5.65 Å². The van der Waals surface area contributed by atoms with Gasteiger partial charge in [-0.05, 0) is 24.5 Å². The molecule has 2 aromatic heterocycles. The molecular weight excluding hydrogens is 210 g/mol. The lowest BCUT2D eigenvalue weighted by atomic mass is 10.1. The average molecular weight is 231 g/mol. The minimum atomic E-state index is 0.583. The summed E-state index contributed by atoms with van der Waals surface area (Å²) in [7, 11) is 0. The van der Waals surface area contributed by atoms with Crippen LogP contribution in [0.4, 0.5) is 0 Å². The third-order valence-electron chi connectivity index (χ3n) is 3.08. The van der Waals surface area contributed by atoms with E-state index in [9.17, 15) is 0 Å². The van der Waals surface area contributed by atoms with Crippen molar-refractivity contribution in [3.8, 4) is 0 Å². The van der Waals surface area contributed by atoms with E-state index < -0.39 is 0 Å². The average Bonchev–Trinajstić information content (AvgIpc) is 2.76. The van der Waals surface area contributed by atoms with Crippen molar-refractivity contribution < 1.29 is 0 Å². The van der Waals surface area contributed by atoms with Gasteiger partial charge in [0.2, 0.25) is 0 Å². The highest BCUT2D eigenvalue weighted by Gasteiger charge is 2.01. The van der Waals surface area contributed by atoms with Crippen LogP contribution in [-0.4, -0.2) is 9.38 Å². The summed E-state index contributed by atoms with van der Waals surface area (Å²) in [5, 5.41) is 0. The summed E-state index contributed by atoms with van der Waals surface area (Å²) in [6.07, 6.45) is 10.4. The third kappa shape index (κ3) is 3.07. The molecule has 0 saturated carbocycles. The van der Waals surface area contributed by atoms with Crippen molar-refractivity contribution in [3.63, 3.8) is 0 Å². The number of rotatable bonds is 6. The maximum absolute atomic E-state index is 5.63. The number of pyridine rings is 1. The predicted octanol–water partition coefficient (Wildman–Crippen LogP) is 2.92. The molecule has 0 unspecified atom stereocenters. The van der Waals surface area contributed by atoms with Gasteiger partial charge in [-0.15, -0.1) is 0 Å². The van der Waals surface area contributed by atoms with Gasteiger partial charge in [0.15, 0.2) is 0 Å². The fourth-order valence-corrected chi connectivity index (χ4v) is 2.06. The molecule has 0 spiro atoms. The van der Waals surface area contributed by atoms with Gasteiger partial charge in [0.1, 0.15) is 5.65 Å². The van der Waals surface area contributed by atoms with E-state index in [4.69, 9.17) is 5.73 Å². The van der Waals surface area contributed by atoms with Gasteiger partial charge < -0.3 is 10.1 Å². The Bertz CT molecular complexity index is 473. The second-order valence-electron chi connectivity index (χ2n) is 4.55. The third-order valence-corrected chi connectivity index (χ3v) is 3.08. The fraction of sp³-hybridized carbons (Fsp3) is 0.500. The highest BCUT2D eigenvalue weighted by molar-refractivity contribution is 5.41. The number of hydrogen-bond acceptors (Lipinski definition) is 2. The molecule has 0 atom stereocenters. The van der Waals surface area contributed by atoms with E-state index in [1.807, 2.05) is 12.1 Å². The molecule has 0 aliphatic heterocycles. The van der Waals surface area contributed by atoms with Crippen LogP contribution in [-0.2, 0) is 13.0 Å². The van der Waals surface area contributed by atoms with Crippen LogP contribution in [0.3, 0.4) is 0 Å². The molecule has 0 bridgehead atoms. The number of hydrogen-bond donors (Lipinski definition) is 1. The van der Waals surface area contributed by atoms with E-state index in [1.54, 1.807) is 0 Å². The summed E-state index contributed by atoms with van der Waals surface area (Å²) >= 11 is 0. The van der Waals surface area contributed by atoms with Gasteiger partial charge in [-0.3, -0.25) is 0 Å². The van der Waals surface area contributed by atoms with E-state index in [1.165, 1.54) is 31.4 Å². The van der Waals surface area contributed by atoms with Crippen LogP contribution >= 0.6 is 0 Å². The van der Waals surface area contributed by atoms with Crippen LogP contribution in [0.1, 0.15) is 43.9 Å². The first-order valence-electron chi connectivity index (χ1n) is 6.50. The SMILES string of the molecule is CCCCCCc1cn2cc(CN)ccc2n1. The normalized spacial score (nSPS) is 11.2. The molecule has 0 saturated heterocycles. The Kier molecular flexibility index (Phi) is 4.15. The zero-order chi connectivity index (χ0) is 12.1. The summed E-state index contributed by atoms with van der Waals surface area (Å²) in [5.74, 6) is 0. The maximum atomic E-state index is 5.63. The van der Waals surface area contributed by atoms with Crippen molar-refractivity contribution in [2.24, 2.45) is 5.73 Å². The number of aromatic nitrogens is 2. The smallest absolute Gasteiger partial charge is 0.136 e. The van der Waals surface area contributed by atoms with Crippen molar-refractivity contribution in [2.75, 3.05) is 0 Å². The molecular formula is C14H21N3. The molecule has 0 amide bonds. The standard InChI is InChI=1S/C14H21N3/c1-2-3-4-5-6-13-11-17-10-12(9-15)7-8-14(17)16-13/h7-8,10-11H,2-6,9,15H2,1H3. The van der Waals surface area contributed by atoms with Crippen molar-refractivity contribution in [2.45, 2.75) is 45.6 Å². The number of nitrogens with two attached hydrogens (primary N) is 1. The first kappa shape index (κ1) is 12.1. The van der Waals surface area contributed by atoms with Crippen LogP contribution < -0.4 is 5.73 Å². The monoisotopic (exact) mass is 231 g/mol. The lowest BCUT2D eigenvalue weighted by Gasteiger charge is -1.96. The van der Waals surface area contributed by atoms with E-state index in [-0.39, 0.29) is 0 Å². The van der Waals surface area contributed by atoms with E-state index in [0.717, 1.165) is 17.6 Å². The van der Waals surface area contributed by atoms with Gasteiger partial charge in [0.25, 0.3) is 0 Å². The van der Waals surface area contributed by atoms with E-state index >= 15 is 0 Å². The molecule has 2 N–H and O–H groups in total. The summed E-state index contributed by atoms with van der Waals surface area (Å²) in [6.45, 7) is 2.82. The van der Waals surface area contributed by atoms with Gasteiger partial charge in [0.05, 0.1) is 5.69 Å². The first-order valence-corrected chi connectivity index (χ1v) is 6.50. The molecule has 0 fully saturated rings. The van der Waals surface area contributed by atoms with Gasteiger partial charge >= 0.3 is 0 Å². The number of fused-ring (bicyclic) bond motifs is 1. The summed E-state index contributed by atoms with van der Waals surface area (Å²) in [4.78, 5) is 4.61. The summed E-state index contributed by atoms with van der Waals surface area (Å²) in [6, 6.07) is 4.08. The molecule has 0 radical (unpaired) electrons. The Morgan fingerprint density at radius 3 is 2.82 bits per heavy atom. The van der Waals surface area contributed by atoms with E-state index in [2.05, 4.69) is 28.7 Å². The zero-order valence-electron chi connectivity index (χ0n) is 10.5. The molecule has 3 heteroatoms. The minimum Gasteiger partial charge on any atom is -0.326 e. The Morgan fingerprint density at radius 2 is 2.06 bits per heavy atom. The van der Waals surface area contributed by atoms with Gasteiger partial charge in [-0.25, -0.2) is 4.98 Å². The molecule has 0 aliphatic rings. The number of imidazole rings is 1. The van der Waals surface area contributed by atoms with Crippen LogP contribution in [0.25, 0.3) is 5.65 Å². The van der Waals surface area contributed by atoms with Crippen molar-refractivity contribution in [3.05, 3.63) is 35.8 Å². The molecule has 3 nitrogen and oxygen atoms in total. The van der Waals surface area contributed by atoms with Crippen LogP contribution in [0.15, 0.2) is 24.5 Å². The topological polar surface area (TPSA) is 43.3 Å². The van der Waals surface area contributed by atoms with Crippen molar-refractivity contribution in [1.82, 2.24) is 9.38 Å². The fourth-order valence-electron chi connectivity index (χ4n) is 2.06. The Balaban J connectivity index is 2.04. The highest BCUT2D eigenvalue weighted by Crippen LogP contribution is 2.11. The number of aryl methyl sites for hydroxylation is 1. The number of nitrogens with zero attached hydrogens (tertiary/aromatic N) is 2. The van der Waals surface area contributed by atoms with Gasteiger partial charge in [0, 0.05) is 18.9 Å². The first-order chi connectivity index (χ1) is 8.33. The number of unbranched alkanes of at least 4 members (excludes halogenated alkanes) is 3. The Labute approximate surface area is 103 Å². The zero-order valence-corrected chi connectivity index (χ0v) is 10.5. The maximum Gasteiger partial charge on any atom is 0.136 e. The molecule has 2 rings (SSSR count). The molecule has 2 heterocycles. The molecule has 92 valence electrons. The lowest BCUT2D eigenvalue weighted by Crippen LogP contribution is -1.97. The largest absolute Gasteiger partial charge is 0.326 e. The summed E-state index contributed by atoms with van der Waals surface area (Å²) < 4.78 is 2.08. The predicted molar refractivity (Wildman–Crippen MR) is 70.9 cm³/mol. The van der Waals surface area contributed by atoms with Crippen molar-refractivity contribution in [1.29, 1.82) is 0 Å². The summed E-state index contributed by atoms with van der Waals surface area (Å²) in [5.41, 5.74) is 8.98. The quantitative estimate of drug-likeness (QED) is 0.777. The molecule has 0 aromatic carbocycles.